The number of carbonyl (C=O) groups excluding carboxylic acids is 2. The van der Waals surface area contributed by atoms with Crippen LogP contribution in [0.1, 0.15) is 31.4 Å². The van der Waals surface area contributed by atoms with Gasteiger partial charge in [0.15, 0.2) is 0 Å². The van der Waals surface area contributed by atoms with Gasteiger partial charge in [-0.3, -0.25) is 13.9 Å². The molecule has 39 heavy (non-hydrogen) atoms. The number of benzene rings is 3. The SMILES string of the molecule is CCNC(=O)[C@H](CC)N(Cc1ccc(Cl)cc1Cl)C(=O)CN(c1ccccc1C)S(=O)(=O)c1ccc(Cl)cc1. The second-order valence-corrected chi connectivity index (χ2v) is 12.0. The number of nitrogens with zero attached hydrogens (tertiary/aromatic N) is 2. The summed E-state index contributed by atoms with van der Waals surface area (Å²) in [6.07, 6.45) is 0.303. The molecule has 3 aromatic rings. The number of para-hydroxylation sites is 1. The summed E-state index contributed by atoms with van der Waals surface area (Å²) in [6, 6.07) is 16.6. The van der Waals surface area contributed by atoms with E-state index in [1.165, 1.54) is 29.2 Å². The number of hydrogen-bond donors (Lipinski definition) is 1. The topological polar surface area (TPSA) is 86.8 Å². The molecule has 1 atom stereocenters. The summed E-state index contributed by atoms with van der Waals surface area (Å²) in [6.45, 7) is 5.14. The maximum atomic E-state index is 14.0. The van der Waals surface area contributed by atoms with Gasteiger partial charge < -0.3 is 10.2 Å². The number of anilines is 1. The third-order valence-electron chi connectivity index (χ3n) is 6.16. The third-order valence-corrected chi connectivity index (χ3v) is 8.77. The van der Waals surface area contributed by atoms with E-state index in [1.807, 2.05) is 0 Å². The summed E-state index contributed by atoms with van der Waals surface area (Å²) in [4.78, 5) is 28.4. The van der Waals surface area contributed by atoms with Crippen molar-refractivity contribution < 1.29 is 18.0 Å². The van der Waals surface area contributed by atoms with E-state index in [0.717, 1.165) is 4.31 Å². The molecule has 2 amide bonds. The predicted molar refractivity (Wildman–Crippen MR) is 157 cm³/mol. The van der Waals surface area contributed by atoms with Crippen molar-refractivity contribution in [3.8, 4) is 0 Å². The number of nitrogens with one attached hydrogen (secondary N) is 1. The van der Waals surface area contributed by atoms with E-state index >= 15 is 0 Å². The summed E-state index contributed by atoms with van der Waals surface area (Å²) >= 11 is 18.5. The molecule has 3 rings (SSSR count). The number of carbonyl (C=O) groups is 2. The van der Waals surface area contributed by atoms with E-state index in [0.29, 0.717) is 44.8 Å². The maximum Gasteiger partial charge on any atom is 0.264 e. The molecule has 0 heterocycles. The minimum Gasteiger partial charge on any atom is -0.355 e. The summed E-state index contributed by atoms with van der Waals surface area (Å²) < 4.78 is 28.8. The van der Waals surface area contributed by atoms with E-state index in [2.05, 4.69) is 5.32 Å². The van der Waals surface area contributed by atoms with Gasteiger partial charge in [0.1, 0.15) is 12.6 Å². The Kier molecular flexibility index (Phi) is 10.7. The van der Waals surface area contributed by atoms with Gasteiger partial charge in [-0.1, -0.05) is 66.0 Å². The van der Waals surface area contributed by atoms with E-state index in [9.17, 15) is 18.0 Å². The van der Waals surface area contributed by atoms with E-state index in [-0.39, 0.29) is 17.3 Å². The van der Waals surface area contributed by atoms with Gasteiger partial charge in [0.2, 0.25) is 11.8 Å². The number of amides is 2. The molecule has 0 aliphatic carbocycles. The molecule has 0 saturated carbocycles. The molecule has 0 fully saturated rings. The monoisotopic (exact) mass is 609 g/mol. The molecule has 0 saturated heterocycles. The lowest BCUT2D eigenvalue weighted by molar-refractivity contribution is -0.140. The van der Waals surface area contributed by atoms with Gasteiger partial charge in [0.05, 0.1) is 10.6 Å². The Bertz CT molecular complexity index is 1430. The minimum atomic E-state index is -4.19. The van der Waals surface area contributed by atoms with Gasteiger partial charge in [-0.15, -0.1) is 0 Å². The van der Waals surface area contributed by atoms with Crippen LogP contribution in [0.2, 0.25) is 15.1 Å². The fourth-order valence-corrected chi connectivity index (χ4v) is 6.21. The number of hydrogen-bond acceptors (Lipinski definition) is 4. The van der Waals surface area contributed by atoms with Crippen LogP contribution in [-0.4, -0.2) is 44.3 Å². The highest BCUT2D eigenvalue weighted by Crippen LogP contribution is 2.29. The standard InChI is InChI=1S/C28H30Cl3N3O4S/c1-4-25(28(36)32-5-2)33(17-20-10-11-22(30)16-24(20)31)27(35)18-34(26-9-7-6-8-19(26)3)39(37,38)23-14-12-21(29)13-15-23/h6-16,25H,4-5,17-18H2,1-3H3,(H,32,36)/t25-/m0/s1. The molecule has 208 valence electrons. The highest BCUT2D eigenvalue weighted by atomic mass is 35.5. The first-order chi connectivity index (χ1) is 18.5. The van der Waals surface area contributed by atoms with E-state index < -0.39 is 28.5 Å². The molecule has 0 aliphatic rings. The van der Waals surface area contributed by atoms with Crippen LogP contribution in [0.15, 0.2) is 71.6 Å². The molecule has 0 unspecified atom stereocenters. The molecule has 7 nitrogen and oxygen atoms in total. The van der Waals surface area contributed by atoms with Gasteiger partial charge in [-0.05, 0) is 73.9 Å². The van der Waals surface area contributed by atoms with Crippen LogP contribution in [0.25, 0.3) is 0 Å². The van der Waals surface area contributed by atoms with Crippen LogP contribution in [0.3, 0.4) is 0 Å². The number of halogens is 3. The average molecular weight is 611 g/mol. The van der Waals surface area contributed by atoms with Crippen molar-refractivity contribution in [1.82, 2.24) is 10.2 Å². The fourth-order valence-electron chi connectivity index (χ4n) is 4.14. The molecule has 0 radical (unpaired) electrons. The quantitative estimate of drug-likeness (QED) is 0.285. The smallest absolute Gasteiger partial charge is 0.264 e. The summed E-state index contributed by atoms with van der Waals surface area (Å²) in [5, 5.41) is 3.90. The Morgan fingerprint density at radius 2 is 1.56 bits per heavy atom. The Balaban J connectivity index is 2.09. The number of sulfonamides is 1. The zero-order valence-corrected chi connectivity index (χ0v) is 24.9. The molecule has 3 aromatic carbocycles. The van der Waals surface area contributed by atoms with Gasteiger partial charge in [0.25, 0.3) is 10.0 Å². The molecule has 11 heteroatoms. The van der Waals surface area contributed by atoms with Crippen LogP contribution in [0.4, 0.5) is 5.69 Å². The summed E-state index contributed by atoms with van der Waals surface area (Å²) in [7, 11) is -4.19. The fraction of sp³-hybridized carbons (Fsp3) is 0.286. The van der Waals surface area contributed by atoms with Crippen molar-refractivity contribution in [2.75, 3.05) is 17.4 Å². The highest BCUT2D eigenvalue weighted by molar-refractivity contribution is 7.92. The van der Waals surface area contributed by atoms with Crippen LogP contribution in [0.5, 0.6) is 0 Å². The van der Waals surface area contributed by atoms with Gasteiger partial charge in [-0.25, -0.2) is 8.42 Å². The first-order valence-corrected chi connectivity index (χ1v) is 14.9. The largest absolute Gasteiger partial charge is 0.355 e. The Hall–Kier alpha value is -2.78. The highest BCUT2D eigenvalue weighted by Gasteiger charge is 2.34. The van der Waals surface area contributed by atoms with E-state index in [1.54, 1.807) is 63.2 Å². The minimum absolute atomic E-state index is 0.0208. The van der Waals surface area contributed by atoms with Gasteiger partial charge >= 0.3 is 0 Å². The van der Waals surface area contributed by atoms with Crippen LogP contribution < -0.4 is 9.62 Å². The average Bonchev–Trinajstić information content (AvgIpc) is 2.89. The molecular weight excluding hydrogens is 581 g/mol. The van der Waals surface area contributed by atoms with Crippen LogP contribution in [-0.2, 0) is 26.2 Å². The Morgan fingerprint density at radius 1 is 0.923 bits per heavy atom. The van der Waals surface area contributed by atoms with Crippen molar-refractivity contribution in [3.63, 3.8) is 0 Å². The lowest BCUT2D eigenvalue weighted by atomic mass is 10.1. The second-order valence-electron chi connectivity index (χ2n) is 8.83. The Morgan fingerprint density at radius 3 is 2.15 bits per heavy atom. The first kappa shape index (κ1) is 30.8. The normalized spacial score (nSPS) is 12.1. The number of aryl methyl sites for hydroxylation is 1. The zero-order chi connectivity index (χ0) is 28.7. The van der Waals surface area contributed by atoms with Crippen molar-refractivity contribution in [1.29, 1.82) is 0 Å². The molecule has 0 bridgehead atoms. The van der Waals surface area contributed by atoms with Crippen molar-refractivity contribution >= 4 is 62.3 Å². The third kappa shape index (κ3) is 7.45. The van der Waals surface area contributed by atoms with E-state index in [4.69, 9.17) is 34.8 Å². The van der Waals surface area contributed by atoms with Gasteiger partial charge in [-0.2, -0.15) is 0 Å². The predicted octanol–water partition coefficient (Wildman–Crippen LogP) is 6.09. The molecule has 1 N–H and O–H groups in total. The second kappa shape index (κ2) is 13.5. The van der Waals surface area contributed by atoms with Crippen molar-refractivity contribution in [2.24, 2.45) is 0 Å². The molecule has 0 aliphatic heterocycles. The summed E-state index contributed by atoms with van der Waals surface area (Å²) in [5.41, 5.74) is 1.57. The first-order valence-electron chi connectivity index (χ1n) is 12.3. The lowest BCUT2D eigenvalue weighted by Gasteiger charge is -2.33. The van der Waals surface area contributed by atoms with Crippen molar-refractivity contribution in [3.05, 3.63) is 92.9 Å². The Labute approximate surface area is 244 Å². The van der Waals surface area contributed by atoms with Crippen molar-refractivity contribution in [2.45, 2.75) is 44.7 Å². The maximum absolute atomic E-state index is 14.0. The molecule has 0 spiro atoms. The summed E-state index contributed by atoms with van der Waals surface area (Å²) in [5.74, 6) is -0.915. The van der Waals surface area contributed by atoms with Crippen LogP contribution >= 0.6 is 34.8 Å². The van der Waals surface area contributed by atoms with Gasteiger partial charge in [0, 0.05) is 28.2 Å². The molecular formula is C28H30Cl3N3O4S. The number of likely N-dealkylation sites (N-methyl/N-ethyl adjacent to an activating group) is 1. The zero-order valence-electron chi connectivity index (χ0n) is 21.8. The van der Waals surface area contributed by atoms with Crippen LogP contribution in [0, 0.1) is 6.92 Å². The number of rotatable bonds is 11. The molecule has 0 aromatic heterocycles. The lowest BCUT2D eigenvalue weighted by Crippen LogP contribution is -2.52.